The second-order valence-corrected chi connectivity index (χ2v) is 9.45. The molecule has 40 heavy (non-hydrogen) atoms. The minimum Gasteiger partial charge on any atom is -0.679 e. The van der Waals surface area contributed by atoms with Crippen LogP contribution in [0.4, 0.5) is 5.69 Å². The number of benzene rings is 4. The Morgan fingerprint density at radius 2 is 1.00 bits per heavy atom. The summed E-state index contributed by atoms with van der Waals surface area (Å²) in [5.41, 5.74) is 10.3. The smallest absolute Gasteiger partial charge is 0.0478 e. The minimum atomic E-state index is 0. The van der Waals surface area contributed by atoms with Crippen molar-refractivity contribution in [1.82, 2.24) is 9.78 Å². The van der Waals surface area contributed by atoms with Gasteiger partial charge < -0.3 is 5.32 Å². The quantitative estimate of drug-likeness (QED) is 0.137. The van der Waals surface area contributed by atoms with Gasteiger partial charge in [0.05, 0.1) is 0 Å². The molecular weight excluding hydrogens is 653 g/mol. The molecule has 0 spiro atoms. The van der Waals surface area contributed by atoms with Crippen molar-refractivity contribution in [1.29, 1.82) is 0 Å². The number of hydrogen-bond donors (Lipinski definition) is 0. The Hall–Kier alpha value is -3.63. The largest absolute Gasteiger partial charge is 0.679 e. The molecule has 5 aromatic rings. The van der Waals surface area contributed by atoms with Crippen LogP contribution in [0.25, 0.3) is 5.32 Å². The molecule has 0 fully saturated rings. The summed E-state index contributed by atoms with van der Waals surface area (Å²) in [5.74, 6) is 0. The zero-order valence-corrected chi connectivity index (χ0v) is 28.2. The third-order valence-corrected chi connectivity index (χ3v) is 5.66. The number of hydrogen-bond acceptors (Lipinski definition) is 1. The van der Waals surface area contributed by atoms with Crippen LogP contribution in [0.2, 0.25) is 0 Å². The maximum Gasteiger partial charge on any atom is 0.0478 e. The molecule has 1 aromatic heterocycles. The summed E-state index contributed by atoms with van der Waals surface area (Å²) in [7, 11) is 1.94. The fraction of sp³-hybridized carbons (Fsp3) is 0.167. The molecule has 0 atom stereocenters. The summed E-state index contributed by atoms with van der Waals surface area (Å²) >= 11 is 0. The first-order valence-electron chi connectivity index (χ1n) is 13.0. The van der Waals surface area contributed by atoms with Gasteiger partial charge in [-0.1, -0.05) is 53.6 Å². The molecule has 0 aliphatic rings. The molecule has 0 N–H and O–H groups in total. The number of nitrogens with zero attached hydrogens (tertiary/aromatic N) is 3. The van der Waals surface area contributed by atoms with Gasteiger partial charge in [0.2, 0.25) is 0 Å². The Morgan fingerprint density at radius 1 is 0.625 bits per heavy atom. The number of aryl methyl sites for hydroxylation is 5. The van der Waals surface area contributed by atoms with Gasteiger partial charge in [-0.15, -0.1) is 42.1 Å². The first-order valence-corrected chi connectivity index (χ1v) is 13.0. The van der Waals surface area contributed by atoms with Gasteiger partial charge in [0.15, 0.2) is 0 Å². The summed E-state index contributed by atoms with van der Waals surface area (Å²) < 4.78 is 1.84. The maximum absolute atomic E-state index is 4.72. The Morgan fingerprint density at radius 3 is 1.27 bits per heavy atom. The fourth-order valence-corrected chi connectivity index (χ4v) is 3.82. The van der Waals surface area contributed by atoms with Crippen molar-refractivity contribution < 1.29 is 25.8 Å². The van der Waals surface area contributed by atoms with Gasteiger partial charge in [0, 0.05) is 44.8 Å². The summed E-state index contributed by atoms with van der Waals surface area (Å²) in [6, 6.07) is 34.0. The third kappa shape index (κ3) is 13.4. The molecule has 0 bridgehead atoms. The van der Waals surface area contributed by atoms with E-state index < -0.39 is 0 Å². The average Bonchev–Trinajstić information content (AvgIpc) is 3.22. The van der Waals surface area contributed by atoms with Crippen LogP contribution in [0.15, 0.2) is 109 Å². The normalized spacial score (nSPS) is 9.32. The molecule has 5 rings (SSSR count). The van der Waals surface area contributed by atoms with Gasteiger partial charge in [-0.05, 0) is 33.3 Å². The van der Waals surface area contributed by atoms with Crippen molar-refractivity contribution in [2.45, 2.75) is 34.2 Å². The van der Waals surface area contributed by atoms with Crippen LogP contribution < -0.4 is 0 Å². The van der Waals surface area contributed by atoms with E-state index in [4.69, 9.17) is 5.32 Å². The van der Waals surface area contributed by atoms with Crippen LogP contribution >= 0.6 is 0 Å². The molecule has 1 heterocycles. The standard InChI is InChI=1S/C15H20N3.3C7H7.Hf/c1-10-6-11(2)15(12(3)7-10)16-8-14-13(4)9-18(5)17-14;3*1-7-5-3-2-4-6-7;/h6-7,9H,8H2,1-5H3;3*2-6H,1H2;/q4*-1;. The fourth-order valence-electron chi connectivity index (χ4n) is 3.82. The van der Waals surface area contributed by atoms with Crippen molar-refractivity contribution in [2.75, 3.05) is 0 Å². The first kappa shape index (κ1) is 34.4. The van der Waals surface area contributed by atoms with Crippen LogP contribution in [0, 0.1) is 48.5 Å². The van der Waals surface area contributed by atoms with Crippen molar-refractivity contribution in [2.24, 2.45) is 7.05 Å². The maximum atomic E-state index is 4.72. The SMILES string of the molecule is Cc1cc(C)c([N-]Cc2nn(C)cc2C)c(C)c1.[CH2-]c1ccccc1.[CH2-]c1ccccc1.[CH2-]c1ccccc1.[Hf]. The van der Waals surface area contributed by atoms with E-state index in [0.29, 0.717) is 6.54 Å². The summed E-state index contributed by atoms with van der Waals surface area (Å²) in [4.78, 5) is 0. The molecule has 4 heteroatoms. The zero-order valence-electron chi connectivity index (χ0n) is 24.6. The van der Waals surface area contributed by atoms with E-state index >= 15 is 0 Å². The van der Waals surface area contributed by atoms with Crippen molar-refractivity contribution in [3.8, 4) is 0 Å². The second-order valence-electron chi connectivity index (χ2n) is 9.45. The Balaban J connectivity index is 0.000000300. The molecule has 0 radical (unpaired) electrons. The zero-order chi connectivity index (χ0) is 28.6. The number of rotatable bonds is 3. The van der Waals surface area contributed by atoms with Crippen LogP contribution in [0.3, 0.4) is 0 Å². The number of aromatic nitrogens is 2. The molecular formula is C36H41HfN3-4. The average molecular weight is 694 g/mol. The summed E-state index contributed by atoms with van der Waals surface area (Å²) in [6.45, 7) is 20.2. The molecule has 0 aliphatic carbocycles. The van der Waals surface area contributed by atoms with Crippen molar-refractivity contribution in [3.63, 3.8) is 0 Å². The van der Waals surface area contributed by atoms with Crippen LogP contribution in [0.5, 0.6) is 0 Å². The summed E-state index contributed by atoms with van der Waals surface area (Å²) in [5, 5.41) is 9.14. The van der Waals surface area contributed by atoms with Crippen LogP contribution in [-0.2, 0) is 39.4 Å². The van der Waals surface area contributed by atoms with E-state index in [1.165, 1.54) is 22.3 Å². The van der Waals surface area contributed by atoms with E-state index in [0.717, 1.165) is 28.1 Å². The monoisotopic (exact) mass is 695 g/mol. The Bertz CT molecular complexity index is 1250. The first-order chi connectivity index (χ1) is 18.7. The third-order valence-electron chi connectivity index (χ3n) is 5.66. The van der Waals surface area contributed by atoms with Crippen LogP contribution in [-0.4, -0.2) is 9.78 Å². The van der Waals surface area contributed by atoms with E-state index in [1.807, 2.05) is 109 Å². The molecule has 3 nitrogen and oxygen atoms in total. The Labute approximate surface area is 261 Å². The van der Waals surface area contributed by atoms with E-state index in [2.05, 4.69) is 65.7 Å². The molecule has 4 aromatic carbocycles. The second kappa shape index (κ2) is 18.6. The van der Waals surface area contributed by atoms with Crippen molar-refractivity contribution in [3.05, 3.63) is 180 Å². The molecule has 0 aliphatic heterocycles. The minimum absolute atomic E-state index is 0. The van der Waals surface area contributed by atoms with E-state index in [1.54, 1.807) is 0 Å². The van der Waals surface area contributed by atoms with Gasteiger partial charge >= 0.3 is 0 Å². The van der Waals surface area contributed by atoms with Crippen molar-refractivity contribution >= 4 is 5.69 Å². The van der Waals surface area contributed by atoms with Gasteiger partial charge in [0.1, 0.15) is 0 Å². The van der Waals surface area contributed by atoms with Crippen LogP contribution in [0.1, 0.15) is 44.6 Å². The topological polar surface area (TPSA) is 31.9 Å². The molecule has 0 amide bonds. The molecule has 0 saturated carbocycles. The Kier molecular flexibility index (Phi) is 16.0. The predicted octanol–water partition coefficient (Wildman–Crippen LogP) is 9.46. The molecule has 208 valence electrons. The van der Waals surface area contributed by atoms with Gasteiger partial charge in [-0.2, -0.15) is 79.0 Å². The van der Waals surface area contributed by atoms with E-state index in [-0.39, 0.29) is 25.8 Å². The summed E-state index contributed by atoms with van der Waals surface area (Å²) in [6.07, 6.45) is 2.03. The van der Waals surface area contributed by atoms with Gasteiger partial charge in [0.25, 0.3) is 0 Å². The van der Waals surface area contributed by atoms with Gasteiger partial charge in [-0.3, -0.25) is 4.68 Å². The predicted molar refractivity (Wildman–Crippen MR) is 168 cm³/mol. The molecule has 0 unspecified atom stereocenters. The molecule has 0 saturated heterocycles. The van der Waals surface area contributed by atoms with Gasteiger partial charge in [-0.25, -0.2) is 0 Å². The van der Waals surface area contributed by atoms with E-state index in [9.17, 15) is 0 Å².